The number of likely N-dealkylation sites (N-methyl/N-ethyl adjacent to an activating group) is 1. The van der Waals surface area contributed by atoms with Crippen LogP contribution in [0.25, 0.3) is 0 Å². The molecule has 2 nitrogen and oxygen atoms in total. The summed E-state index contributed by atoms with van der Waals surface area (Å²) in [5.41, 5.74) is 2.90. The van der Waals surface area contributed by atoms with Crippen molar-refractivity contribution in [1.29, 1.82) is 0 Å². The first-order valence-electron chi connectivity index (χ1n) is 8.34. The van der Waals surface area contributed by atoms with Crippen LogP contribution >= 0.6 is 0 Å². The van der Waals surface area contributed by atoms with E-state index in [0.717, 1.165) is 6.42 Å². The molecular weight excluding hydrogens is 268 g/mol. The molecule has 1 unspecified atom stereocenters. The van der Waals surface area contributed by atoms with Gasteiger partial charge in [0.1, 0.15) is 0 Å². The van der Waals surface area contributed by atoms with Crippen LogP contribution in [0, 0.1) is 0 Å². The molecule has 0 saturated carbocycles. The Kier molecular flexibility index (Phi) is 5.25. The van der Waals surface area contributed by atoms with E-state index >= 15 is 0 Å². The number of aryl methyl sites for hydroxylation is 1. The standard InChI is InChI=1S/C20H26N2/c1-21-14-16-22(17-15-21)20(19-10-6-3-7-11-19)13-12-18-8-4-2-5-9-18/h2-11,20H,12-17H2,1H3. The third-order valence-corrected chi connectivity index (χ3v) is 4.71. The van der Waals surface area contributed by atoms with Gasteiger partial charge in [0.15, 0.2) is 0 Å². The van der Waals surface area contributed by atoms with Crippen LogP contribution in [0.3, 0.4) is 0 Å². The highest BCUT2D eigenvalue weighted by Crippen LogP contribution is 2.27. The molecule has 1 aliphatic heterocycles. The SMILES string of the molecule is CN1CCN(C(CCc2ccccc2)c2ccccc2)CC1. The lowest BCUT2D eigenvalue weighted by Crippen LogP contribution is -2.46. The van der Waals surface area contributed by atoms with Crippen molar-refractivity contribution in [3.63, 3.8) is 0 Å². The van der Waals surface area contributed by atoms with Gasteiger partial charge in [-0.1, -0.05) is 60.7 Å². The fourth-order valence-electron chi connectivity index (χ4n) is 3.32. The van der Waals surface area contributed by atoms with Crippen molar-refractivity contribution in [1.82, 2.24) is 9.80 Å². The molecule has 0 aromatic heterocycles. The summed E-state index contributed by atoms with van der Waals surface area (Å²) >= 11 is 0. The quantitative estimate of drug-likeness (QED) is 0.831. The Labute approximate surface area is 134 Å². The van der Waals surface area contributed by atoms with Gasteiger partial charge in [0.25, 0.3) is 0 Å². The molecule has 1 atom stereocenters. The molecule has 1 heterocycles. The molecule has 116 valence electrons. The largest absolute Gasteiger partial charge is 0.304 e. The van der Waals surface area contributed by atoms with Crippen LogP contribution in [-0.2, 0) is 6.42 Å². The Morgan fingerprint density at radius 3 is 2.05 bits per heavy atom. The Morgan fingerprint density at radius 1 is 0.818 bits per heavy atom. The number of piperazine rings is 1. The highest BCUT2D eigenvalue weighted by Gasteiger charge is 2.23. The van der Waals surface area contributed by atoms with Crippen LogP contribution in [0.1, 0.15) is 23.6 Å². The van der Waals surface area contributed by atoms with Crippen LogP contribution in [0.4, 0.5) is 0 Å². The zero-order valence-corrected chi connectivity index (χ0v) is 13.5. The topological polar surface area (TPSA) is 6.48 Å². The highest BCUT2D eigenvalue weighted by atomic mass is 15.3. The fourth-order valence-corrected chi connectivity index (χ4v) is 3.32. The summed E-state index contributed by atoms with van der Waals surface area (Å²) in [6, 6.07) is 22.4. The van der Waals surface area contributed by atoms with E-state index in [2.05, 4.69) is 77.5 Å². The van der Waals surface area contributed by atoms with E-state index in [1.165, 1.54) is 43.7 Å². The van der Waals surface area contributed by atoms with Crippen molar-refractivity contribution in [3.05, 3.63) is 71.8 Å². The van der Waals surface area contributed by atoms with Crippen LogP contribution in [0.15, 0.2) is 60.7 Å². The molecule has 22 heavy (non-hydrogen) atoms. The minimum absolute atomic E-state index is 0.537. The van der Waals surface area contributed by atoms with Crippen molar-refractivity contribution in [2.75, 3.05) is 33.2 Å². The molecule has 2 aromatic rings. The normalized spacial score (nSPS) is 18.2. The molecule has 0 spiro atoms. The summed E-state index contributed by atoms with van der Waals surface area (Å²) in [6.45, 7) is 4.69. The number of rotatable bonds is 5. The molecule has 1 fully saturated rings. The molecule has 1 saturated heterocycles. The first kappa shape index (κ1) is 15.3. The van der Waals surface area contributed by atoms with E-state index in [-0.39, 0.29) is 0 Å². The molecular formula is C20H26N2. The Balaban J connectivity index is 1.71. The second-order valence-electron chi connectivity index (χ2n) is 6.29. The lowest BCUT2D eigenvalue weighted by atomic mass is 9.97. The molecule has 0 amide bonds. The average molecular weight is 294 g/mol. The van der Waals surface area contributed by atoms with Gasteiger partial charge >= 0.3 is 0 Å². The molecule has 1 aliphatic rings. The lowest BCUT2D eigenvalue weighted by Gasteiger charge is -2.38. The Hall–Kier alpha value is -1.64. The van der Waals surface area contributed by atoms with Gasteiger partial charge in [-0.05, 0) is 31.0 Å². The summed E-state index contributed by atoms with van der Waals surface area (Å²) in [5.74, 6) is 0. The lowest BCUT2D eigenvalue weighted by molar-refractivity contribution is 0.107. The van der Waals surface area contributed by atoms with Crippen molar-refractivity contribution in [3.8, 4) is 0 Å². The van der Waals surface area contributed by atoms with E-state index in [9.17, 15) is 0 Å². The summed E-state index contributed by atoms with van der Waals surface area (Å²) in [5, 5.41) is 0. The summed E-state index contributed by atoms with van der Waals surface area (Å²) in [6.07, 6.45) is 2.34. The maximum Gasteiger partial charge on any atom is 0.0352 e. The molecule has 3 rings (SSSR count). The number of nitrogens with zero attached hydrogens (tertiary/aromatic N) is 2. The maximum absolute atomic E-state index is 2.66. The van der Waals surface area contributed by atoms with Gasteiger partial charge < -0.3 is 4.90 Å². The summed E-state index contributed by atoms with van der Waals surface area (Å²) in [7, 11) is 2.22. The summed E-state index contributed by atoms with van der Waals surface area (Å²) in [4.78, 5) is 5.09. The fraction of sp³-hybridized carbons (Fsp3) is 0.400. The number of hydrogen-bond acceptors (Lipinski definition) is 2. The zero-order chi connectivity index (χ0) is 15.2. The molecule has 2 aromatic carbocycles. The molecule has 0 bridgehead atoms. The van der Waals surface area contributed by atoms with Gasteiger partial charge in [-0.2, -0.15) is 0 Å². The van der Waals surface area contributed by atoms with Crippen LogP contribution in [0.2, 0.25) is 0 Å². The predicted octanol–water partition coefficient (Wildman–Crippen LogP) is 3.61. The van der Waals surface area contributed by atoms with Crippen molar-refractivity contribution >= 4 is 0 Å². The van der Waals surface area contributed by atoms with E-state index in [1.54, 1.807) is 0 Å². The van der Waals surface area contributed by atoms with Crippen LogP contribution in [-0.4, -0.2) is 43.0 Å². The third-order valence-electron chi connectivity index (χ3n) is 4.71. The molecule has 0 aliphatic carbocycles. The predicted molar refractivity (Wildman–Crippen MR) is 93.0 cm³/mol. The third kappa shape index (κ3) is 3.96. The first-order chi connectivity index (χ1) is 10.8. The van der Waals surface area contributed by atoms with E-state index in [1.807, 2.05) is 0 Å². The van der Waals surface area contributed by atoms with Crippen LogP contribution in [0.5, 0.6) is 0 Å². The van der Waals surface area contributed by atoms with Crippen LogP contribution < -0.4 is 0 Å². The second-order valence-corrected chi connectivity index (χ2v) is 6.29. The van der Waals surface area contributed by atoms with Gasteiger partial charge in [0.2, 0.25) is 0 Å². The zero-order valence-electron chi connectivity index (χ0n) is 13.5. The molecule has 2 heteroatoms. The van der Waals surface area contributed by atoms with Gasteiger partial charge in [-0.25, -0.2) is 0 Å². The van der Waals surface area contributed by atoms with Crippen molar-refractivity contribution in [2.45, 2.75) is 18.9 Å². The number of benzene rings is 2. The van der Waals surface area contributed by atoms with E-state index in [4.69, 9.17) is 0 Å². The molecule has 0 radical (unpaired) electrons. The summed E-state index contributed by atoms with van der Waals surface area (Å²) < 4.78 is 0. The minimum Gasteiger partial charge on any atom is -0.304 e. The van der Waals surface area contributed by atoms with E-state index in [0.29, 0.717) is 6.04 Å². The van der Waals surface area contributed by atoms with Gasteiger partial charge in [0, 0.05) is 32.2 Å². The van der Waals surface area contributed by atoms with E-state index < -0.39 is 0 Å². The minimum atomic E-state index is 0.537. The van der Waals surface area contributed by atoms with Gasteiger partial charge in [-0.15, -0.1) is 0 Å². The monoisotopic (exact) mass is 294 g/mol. The Morgan fingerprint density at radius 2 is 1.41 bits per heavy atom. The van der Waals surface area contributed by atoms with Gasteiger partial charge in [0.05, 0.1) is 0 Å². The maximum atomic E-state index is 2.66. The smallest absolute Gasteiger partial charge is 0.0352 e. The average Bonchev–Trinajstić information content (AvgIpc) is 2.58. The molecule has 0 N–H and O–H groups in total. The second kappa shape index (κ2) is 7.57. The van der Waals surface area contributed by atoms with Gasteiger partial charge in [-0.3, -0.25) is 4.90 Å². The van der Waals surface area contributed by atoms with Crippen molar-refractivity contribution in [2.24, 2.45) is 0 Å². The Bertz CT molecular complexity index is 544. The highest BCUT2D eigenvalue weighted by molar-refractivity contribution is 5.21. The first-order valence-corrected chi connectivity index (χ1v) is 8.34. The number of hydrogen-bond donors (Lipinski definition) is 0. The van der Waals surface area contributed by atoms with Crippen molar-refractivity contribution < 1.29 is 0 Å².